The molecule has 0 amide bonds. The molecule has 18 heavy (non-hydrogen) atoms. The second-order valence-electron chi connectivity index (χ2n) is 5.00. The summed E-state index contributed by atoms with van der Waals surface area (Å²) in [4.78, 5) is 0. The lowest BCUT2D eigenvalue weighted by Gasteiger charge is -2.24. The van der Waals surface area contributed by atoms with Crippen LogP contribution in [-0.2, 0) is 6.42 Å². The average molecular weight is 312 g/mol. The highest BCUT2D eigenvalue weighted by Crippen LogP contribution is 2.42. The number of ether oxygens (including phenoxy) is 2. The van der Waals surface area contributed by atoms with Crippen LogP contribution in [0.1, 0.15) is 24.0 Å². The predicted octanol–water partition coefficient (Wildman–Crippen LogP) is 2.82. The van der Waals surface area contributed by atoms with E-state index in [1.54, 1.807) is 0 Å². The molecule has 1 N–H and O–H groups in total. The number of hydrogen-bond acceptors (Lipinski definition) is 3. The summed E-state index contributed by atoms with van der Waals surface area (Å²) in [6.45, 7) is 4.56. The summed E-state index contributed by atoms with van der Waals surface area (Å²) in [5.41, 5.74) is 2.58. The summed E-state index contributed by atoms with van der Waals surface area (Å²) < 4.78 is 12.4. The highest BCUT2D eigenvalue weighted by Gasteiger charge is 2.22. The minimum Gasteiger partial charge on any atom is -0.486 e. The lowest BCUT2D eigenvalue weighted by molar-refractivity contribution is 0.169. The van der Waals surface area contributed by atoms with Gasteiger partial charge in [-0.25, -0.2) is 0 Å². The van der Waals surface area contributed by atoms with Crippen LogP contribution >= 0.6 is 15.9 Å². The fraction of sp³-hybridized carbons (Fsp3) is 0.571. The third kappa shape index (κ3) is 2.24. The molecule has 4 heteroatoms. The summed E-state index contributed by atoms with van der Waals surface area (Å²) in [6, 6.07) is 2.79. The molecule has 1 unspecified atom stereocenters. The lowest BCUT2D eigenvalue weighted by Crippen LogP contribution is -2.24. The van der Waals surface area contributed by atoms with Crippen LogP contribution in [0, 0.1) is 6.92 Å². The van der Waals surface area contributed by atoms with Crippen molar-refractivity contribution in [2.24, 2.45) is 0 Å². The first-order valence-corrected chi connectivity index (χ1v) is 7.36. The van der Waals surface area contributed by atoms with Gasteiger partial charge in [0.1, 0.15) is 13.2 Å². The van der Waals surface area contributed by atoms with Crippen LogP contribution in [0.15, 0.2) is 10.5 Å². The minimum absolute atomic E-state index is 0.609. The molecule has 0 spiro atoms. The molecule has 2 aliphatic heterocycles. The lowest BCUT2D eigenvalue weighted by atomic mass is 9.99. The van der Waals surface area contributed by atoms with Crippen LogP contribution in [0.25, 0.3) is 0 Å². The first kappa shape index (κ1) is 12.3. The van der Waals surface area contributed by atoms with E-state index in [0.717, 1.165) is 28.9 Å². The van der Waals surface area contributed by atoms with E-state index >= 15 is 0 Å². The van der Waals surface area contributed by atoms with Gasteiger partial charge in [0.2, 0.25) is 0 Å². The Morgan fingerprint density at radius 2 is 2.11 bits per heavy atom. The third-order valence-corrected chi connectivity index (χ3v) is 4.34. The first-order chi connectivity index (χ1) is 8.75. The maximum Gasteiger partial charge on any atom is 0.175 e. The van der Waals surface area contributed by atoms with Gasteiger partial charge in [0.15, 0.2) is 11.5 Å². The monoisotopic (exact) mass is 311 g/mol. The molecule has 1 atom stereocenters. The zero-order valence-electron chi connectivity index (χ0n) is 10.6. The summed E-state index contributed by atoms with van der Waals surface area (Å²) in [6.07, 6.45) is 3.63. The number of halogens is 1. The molecule has 1 aromatic rings. The highest BCUT2D eigenvalue weighted by atomic mass is 79.9. The Kier molecular flexibility index (Phi) is 3.48. The largest absolute Gasteiger partial charge is 0.486 e. The van der Waals surface area contributed by atoms with E-state index in [9.17, 15) is 0 Å². The minimum atomic E-state index is 0.609. The summed E-state index contributed by atoms with van der Waals surface area (Å²) in [5.74, 6) is 1.78. The van der Waals surface area contributed by atoms with Crippen LogP contribution in [0.5, 0.6) is 11.5 Å². The standard InChI is InChI=1S/C14H18BrNO2/c1-9-10(7-11-3-2-4-16-11)8-12(15)14-13(9)17-5-6-18-14/h8,11,16H,2-7H2,1H3. The number of rotatable bonds is 2. The molecular weight excluding hydrogens is 294 g/mol. The predicted molar refractivity (Wildman–Crippen MR) is 74.6 cm³/mol. The molecule has 3 nitrogen and oxygen atoms in total. The fourth-order valence-corrected chi connectivity index (χ4v) is 3.33. The van der Waals surface area contributed by atoms with Gasteiger partial charge in [-0.2, -0.15) is 0 Å². The third-order valence-electron chi connectivity index (χ3n) is 3.75. The Labute approximate surface area is 116 Å². The van der Waals surface area contributed by atoms with Crippen LogP contribution < -0.4 is 14.8 Å². The molecule has 0 bridgehead atoms. The van der Waals surface area contributed by atoms with Crippen LogP contribution in [0.4, 0.5) is 0 Å². The maximum absolute atomic E-state index is 5.76. The van der Waals surface area contributed by atoms with Gasteiger partial charge in [-0.1, -0.05) is 0 Å². The first-order valence-electron chi connectivity index (χ1n) is 6.56. The van der Waals surface area contributed by atoms with Gasteiger partial charge < -0.3 is 14.8 Å². The van der Waals surface area contributed by atoms with Crippen molar-refractivity contribution in [2.45, 2.75) is 32.2 Å². The SMILES string of the molecule is Cc1c(CC2CCCN2)cc(Br)c2c1OCCO2. The Morgan fingerprint density at radius 1 is 1.33 bits per heavy atom. The molecule has 0 aromatic heterocycles. The molecule has 1 fully saturated rings. The van der Waals surface area contributed by atoms with Crippen LogP contribution in [0.3, 0.4) is 0 Å². The molecule has 3 rings (SSSR count). The van der Waals surface area contributed by atoms with Crippen LogP contribution in [-0.4, -0.2) is 25.8 Å². The van der Waals surface area contributed by atoms with Crippen molar-refractivity contribution in [1.82, 2.24) is 5.32 Å². The van der Waals surface area contributed by atoms with E-state index in [4.69, 9.17) is 9.47 Å². The van der Waals surface area contributed by atoms with Gasteiger partial charge in [-0.3, -0.25) is 0 Å². The number of benzene rings is 1. The van der Waals surface area contributed by atoms with E-state index in [2.05, 4.69) is 34.2 Å². The van der Waals surface area contributed by atoms with Gasteiger partial charge in [-0.05, 0) is 65.9 Å². The molecule has 2 aliphatic rings. The Bertz CT molecular complexity index is 456. The molecule has 0 radical (unpaired) electrons. The van der Waals surface area contributed by atoms with E-state index in [-0.39, 0.29) is 0 Å². The van der Waals surface area contributed by atoms with Crippen molar-refractivity contribution in [3.05, 3.63) is 21.7 Å². The zero-order valence-corrected chi connectivity index (χ0v) is 12.2. The van der Waals surface area contributed by atoms with E-state index in [0.29, 0.717) is 19.3 Å². The number of nitrogens with one attached hydrogen (secondary N) is 1. The Balaban J connectivity index is 1.92. The van der Waals surface area contributed by atoms with Gasteiger partial charge in [-0.15, -0.1) is 0 Å². The topological polar surface area (TPSA) is 30.5 Å². The summed E-state index contributed by atoms with van der Waals surface area (Å²) in [5, 5.41) is 3.54. The van der Waals surface area contributed by atoms with Gasteiger partial charge >= 0.3 is 0 Å². The van der Waals surface area contributed by atoms with E-state index in [1.807, 2.05) is 0 Å². The maximum atomic E-state index is 5.76. The van der Waals surface area contributed by atoms with Crippen molar-refractivity contribution in [1.29, 1.82) is 0 Å². The number of fused-ring (bicyclic) bond motifs is 1. The molecule has 1 aromatic carbocycles. The molecule has 1 saturated heterocycles. The van der Waals surface area contributed by atoms with Crippen molar-refractivity contribution in [3.8, 4) is 11.5 Å². The van der Waals surface area contributed by atoms with Crippen molar-refractivity contribution < 1.29 is 9.47 Å². The second-order valence-corrected chi connectivity index (χ2v) is 5.85. The number of hydrogen-bond donors (Lipinski definition) is 1. The Hall–Kier alpha value is -0.740. The van der Waals surface area contributed by atoms with Gasteiger partial charge in [0.25, 0.3) is 0 Å². The molecular formula is C14H18BrNO2. The zero-order chi connectivity index (χ0) is 12.5. The van der Waals surface area contributed by atoms with Crippen molar-refractivity contribution in [2.75, 3.05) is 19.8 Å². The molecule has 0 aliphatic carbocycles. The summed E-state index contributed by atoms with van der Waals surface area (Å²) >= 11 is 3.59. The van der Waals surface area contributed by atoms with Gasteiger partial charge in [0, 0.05) is 6.04 Å². The van der Waals surface area contributed by atoms with Crippen molar-refractivity contribution >= 4 is 15.9 Å². The van der Waals surface area contributed by atoms with E-state index in [1.165, 1.54) is 24.0 Å². The fourth-order valence-electron chi connectivity index (χ4n) is 2.76. The summed E-state index contributed by atoms with van der Waals surface area (Å²) in [7, 11) is 0. The van der Waals surface area contributed by atoms with Gasteiger partial charge in [0.05, 0.1) is 4.47 Å². The Morgan fingerprint density at radius 3 is 2.83 bits per heavy atom. The van der Waals surface area contributed by atoms with Crippen molar-refractivity contribution in [3.63, 3.8) is 0 Å². The normalized spacial score (nSPS) is 22.2. The van der Waals surface area contributed by atoms with E-state index < -0.39 is 0 Å². The average Bonchev–Trinajstić information content (AvgIpc) is 2.89. The quantitative estimate of drug-likeness (QED) is 0.911. The molecule has 0 saturated carbocycles. The molecule has 2 heterocycles. The highest BCUT2D eigenvalue weighted by molar-refractivity contribution is 9.10. The van der Waals surface area contributed by atoms with Crippen LogP contribution in [0.2, 0.25) is 0 Å². The molecule has 98 valence electrons. The smallest absolute Gasteiger partial charge is 0.175 e. The second kappa shape index (κ2) is 5.10.